The lowest BCUT2D eigenvalue weighted by Crippen LogP contribution is -2.27. The highest BCUT2D eigenvalue weighted by molar-refractivity contribution is 7.92. The van der Waals surface area contributed by atoms with Gasteiger partial charge in [-0.2, -0.15) is 5.26 Å². The normalized spacial score (nSPS) is 11.7. The van der Waals surface area contributed by atoms with Gasteiger partial charge in [0.05, 0.1) is 23.7 Å². The van der Waals surface area contributed by atoms with Crippen LogP contribution < -0.4 is 4.31 Å². The zero-order valence-corrected chi connectivity index (χ0v) is 15.7. The fourth-order valence-corrected chi connectivity index (χ4v) is 2.69. The second-order valence-electron chi connectivity index (χ2n) is 6.03. The van der Waals surface area contributed by atoms with Gasteiger partial charge in [0.15, 0.2) is 0 Å². The number of anilines is 1. The van der Waals surface area contributed by atoms with Crippen LogP contribution in [0, 0.1) is 17.1 Å². The van der Waals surface area contributed by atoms with E-state index in [-0.39, 0.29) is 11.9 Å². The molecule has 1 aromatic heterocycles. The summed E-state index contributed by atoms with van der Waals surface area (Å²) in [4.78, 5) is 8.78. The van der Waals surface area contributed by atoms with E-state index in [2.05, 4.69) is 9.97 Å². The average molecular weight is 374 g/mol. The van der Waals surface area contributed by atoms with Gasteiger partial charge in [-0.1, -0.05) is 13.8 Å². The Labute approximate surface area is 152 Å². The van der Waals surface area contributed by atoms with Gasteiger partial charge < -0.3 is 0 Å². The van der Waals surface area contributed by atoms with E-state index in [1.807, 2.05) is 19.9 Å². The molecule has 1 heterocycles. The van der Waals surface area contributed by atoms with Crippen LogP contribution in [0.2, 0.25) is 0 Å². The minimum absolute atomic E-state index is 0.0182. The number of aromatic nitrogens is 2. The van der Waals surface area contributed by atoms with E-state index < -0.39 is 15.8 Å². The summed E-state index contributed by atoms with van der Waals surface area (Å²) >= 11 is 0. The summed E-state index contributed by atoms with van der Waals surface area (Å²) in [5.74, 6) is -0.429. The highest BCUT2D eigenvalue weighted by Gasteiger charge is 2.22. The van der Waals surface area contributed by atoms with Gasteiger partial charge in [0.25, 0.3) is 0 Å². The molecule has 2 aromatic rings. The third kappa shape index (κ3) is 4.24. The molecule has 136 valence electrons. The van der Waals surface area contributed by atoms with Crippen LogP contribution in [-0.4, -0.2) is 31.7 Å². The molecule has 0 saturated carbocycles. The van der Waals surface area contributed by atoms with Crippen LogP contribution >= 0.6 is 0 Å². The summed E-state index contributed by atoms with van der Waals surface area (Å²) in [6, 6.07) is 7.62. The number of hydrogen-bond donors (Lipinski definition) is 0. The first-order valence-corrected chi connectivity index (χ1v) is 9.68. The minimum atomic E-state index is -3.56. The summed E-state index contributed by atoms with van der Waals surface area (Å²) in [6.07, 6.45) is 3.95. The van der Waals surface area contributed by atoms with Crippen molar-refractivity contribution in [3.05, 3.63) is 47.4 Å². The summed E-state index contributed by atoms with van der Waals surface area (Å²) in [7, 11) is -2.19. The third-order valence-corrected chi connectivity index (χ3v) is 4.89. The van der Waals surface area contributed by atoms with E-state index in [1.165, 1.54) is 25.3 Å². The van der Waals surface area contributed by atoms with Crippen molar-refractivity contribution in [2.24, 2.45) is 0 Å². The lowest BCUT2D eigenvalue weighted by Gasteiger charge is -2.20. The van der Waals surface area contributed by atoms with Gasteiger partial charge in [-0.3, -0.25) is 0 Å². The number of halogens is 1. The molecular formula is C18H19FN4O2S. The van der Waals surface area contributed by atoms with E-state index in [4.69, 9.17) is 5.26 Å². The van der Waals surface area contributed by atoms with Crippen molar-refractivity contribution in [2.45, 2.75) is 19.8 Å². The van der Waals surface area contributed by atoms with Crippen LogP contribution in [0.15, 0.2) is 30.3 Å². The predicted octanol–water partition coefficient (Wildman–Crippen LogP) is 3.34. The van der Waals surface area contributed by atoms with Gasteiger partial charge in [-0.05, 0) is 36.3 Å². The fourth-order valence-electron chi connectivity index (χ4n) is 2.32. The Morgan fingerprint density at radius 2 is 1.85 bits per heavy atom. The first-order chi connectivity index (χ1) is 12.1. The quantitative estimate of drug-likeness (QED) is 0.749. The van der Waals surface area contributed by atoms with Crippen molar-refractivity contribution < 1.29 is 12.8 Å². The molecule has 0 saturated heterocycles. The Morgan fingerprint density at radius 1 is 1.23 bits per heavy atom. The SMILES string of the molecule is CC(C)c1nc(N(C)S(C)(=O)=O)nc(-c2ccc(F)cc2)c1/C=C/C#N. The van der Waals surface area contributed by atoms with E-state index in [9.17, 15) is 12.8 Å². The number of allylic oxidation sites excluding steroid dienone is 1. The summed E-state index contributed by atoms with van der Waals surface area (Å²) in [5, 5.41) is 8.89. The van der Waals surface area contributed by atoms with Gasteiger partial charge in [0, 0.05) is 24.3 Å². The molecule has 0 bridgehead atoms. The maximum atomic E-state index is 13.3. The maximum Gasteiger partial charge on any atom is 0.239 e. The van der Waals surface area contributed by atoms with Gasteiger partial charge >= 0.3 is 0 Å². The zero-order valence-electron chi connectivity index (χ0n) is 14.9. The second-order valence-corrected chi connectivity index (χ2v) is 8.04. The smallest absolute Gasteiger partial charge is 0.239 e. The van der Waals surface area contributed by atoms with Gasteiger partial charge in [0.2, 0.25) is 16.0 Å². The highest BCUT2D eigenvalue weighted by atomic mass is 32.2. The third-order valence-electron chi connectivity index (χ3n) is 3.73. The second kappa shape index (κ2) is 7.62. The monoisotopic (exact) mass is 374 g/mol. The fraction of sp³-hybridized carbons (Fsp3) is 0.278. The van der Waals surface area contributed by atoms with Crippen molar-refractivity contribution in [1.82, 2.24) is 9.97 Å². The molecule has 26 heavy (non-hydrogen) atoms. The molecule has 0 amide bonds. The van der Waals surface area contributed by atoms with Crippen molar-refractivity contribution in [3.63, 3.8) is 0 Å². The van der Waals surface area contributed by atoms with E-state index >= 15 is 0 Å². The molecule has 0 aliphatic heterocycles. The van der Waals surface area contributed by atoms with Crippen LogP contribution in [-0.2, 0) is 10.0 Å². The van der Waals surface area contributed by atoms with Crippen molar-refractivity contribution in [2.75, 3.05) is 17.6 Å². The molecule has 0 unspecified atom stereocenters. The van der Waals surface area contributed by atoms with Crippen LogP contribution in [0.5, 0.6) is 0 Å². The Balaban J connectivity index is 2.83. The predicted molar refractivity (Wildman–Crippen MR) is 99.4 cm³/mol. The van der Waals surface area contributed by atoms with Gasteiger partial charge in [0.1, 0.15) is 5.82 Å². The van der Waals surface area contributed by atoms with E-state index in [0.717, 1.165) is 10.6 Å². The Kier molecular flexibility index (Phi) is 5.73. The first-order valence-electron chi connectivity index (χ1n) is 7.83. The highest BCUT2D eigenvalue weighted by Crippen LogP contribution is 2.31. The summed E-state index contributed by atoms with van der Waals surface area (Å²) in [6.45, 7) is 3.81. The molecule has 0 radical (unpaired) electrons. The van der Waals surface area contributed by atoms with Crippen LogP contribution in [0.25, 0.3) is 17.3 Å². The molecule has 8 heteroatoms. The van der Waals surface area contributed by atoms with E-state index in [1.54, 1.807) is 18.2 Å². The van der Waals surface area contributed by atoms with Gasteiger partial charge in [-0.25, -0.2) is 27.1 Å². The molecular weight excluding hydrogens is 355 g/mol. The molecule has 1 aromatic carbocycles. The lowest BCUT2D eigenvalue weighted by molar-refractivity contribution is 0.599. The molecule has 6 nitrogen and oxygen atoms in total. The van der Waals surface area contributed by atoms with Crippen molar-refractivity contribution in [3.8, 4) is 17.3 Å². The first kappa shape index (κ1) is 19.5. The largest absolute Gasteiger partial charge is 0.241 e. The molecule has 2 rings (SSSR count). The number of hydrogen-bond acceptors (Lipinski definition) is 5. The number of sulfonamides is 1. The maximum absolute atomic E-state index is 13.3. The molecule has 0 N–H and O–H groups in total. The van der Waals surface area contributed by atoms with Crippen LogP contribution in [0.4, 0.5) is 10.3 Å². The molecule has 0 aliphatic carbocycles. The standard InChI is InChI=1S/C18H19FN4O2S/c1-12(2)16-15(6-5-11-20)17(13-7-9-14(19)10-8-13)22-18(21-16)23(3)26(4,24)25/h5-10,12H,1-4H3/b6-5+. The molecule has 0 atom stereocenters. The number of nitrogens with zero attached hydrogens (tertiary/aromatic N) is 4. The lowest BCUT2D eigenvalue weighted by atomic mass is 9.98. The minimum Gasteiger partial charge on any atom is -0.241 e. The topological polar surface area (TPSA) is 87.0 Å². The van der Waals surface area contributed by atoms with Gasteiger partial charge in [-0.15, -0.1) is 0 Å². The Bertz CT molecular complexity index is 977. The molecule has 0 fully saturated rings. The number of nitriles is 1. The zero-order chi connectivity index (χ0) is 19.5. The number of rotatable bonds is 5. The Hall–Kier alpha value is -2.79. The van der Waals surface area contributed by atoms with Crippen LogP contribution in [0.3, 0.4) is 0 Å². The molecule has 0 aliphatic rings. The average Bonchev–Trinajstić information content (AvgIpc) is 2.58. The molecule has 0 spiro atoms. The summed E-state index contributed by atoms with van der Waals surface area (Å²) in [5.41, 5.74) is 2.22. The van der Waals surface area contributed by atoms with Crippen molar-refractivity contribution in [1.29, 1.82) is 5.26 Å². The summed E-state index contributed by atoms with van der Waals surface area (Å²) < 4.78 is 38.1. The Morgan fingerprint density at radius 3 is 2.35 bits per heavy atom. The number of benzene rings is 1. The van der Waals surface area contributed by atoms with E-state index in [0.29, 0.717) is 22.5 Å². The van der Waals surface area contributed by atoms with Crippen LogP contribution in [0.1, 0.15) is 31.0 Å². The van der Waals surface area contributed by atoms with Crippen molar-refractivity contribution >= 4 is 22.0 Å².